The number of amides is 1. The lowest BCUT2D eigenvalue weighted by atomic mass is 9.87. The molecule has 4 nitrogen and oxygen atoms in total. The summed E-state index contributed by atoms with van der Waals surface area (Å²) in [4.78, 5) is 11.8. The molecule has 120 valence electrons. The van der Waals surface area contributed by atoms with E-state index in [-0.39, 0.29) is 36.0 Å². The molecule has 0 aliphatic carbocycles. The van der Waals surface area contributed by atoms with Crippen LogP contribution in [0.3, 0.4) is 0 Å². The highest BCUT2D eigenvalue weighted by molar-refractivity contribution is 5.85. The molecule has 0 unspecified atom stereocenters. The Morgan fingerprint density at radius 1 is 1.29 bits per heavy atom. The molecule has 7 heteroatoms. The summed E-state index contributed by atoms with van der Waals surface area (Å²) in [5.74, 6) is -0.160. The summed E-state index contributed by atoms with van der Waals surface area (Å²) in [7, 11) is 0. The van der Waals surface area contributed by atoms with E-state index in [4.69, 9.17) is 5.73 Å². The molecule has 1 aromatic carbocycles. The smallest absolute Gasteiger partial charge is 0.387 e. The number of carbonyl (C=O) groups excluding carboxylic acids is 1. The second-order valence-electron chi connectivity index (χ2n) is 5.58. The third kappa shape index (κ3) is 6.73. The van der Waals surface area contributed by atoms with Gasteiger partial charge in [0.15, 0.2) is 0 Å². The zero-order valence-electron chi connectivity index (χ0n) is 12.2. The SMILES string of the molecule is CC(C)(C)[C@H](N)C(=O)NCc1ccc(OC(F)F)cc1.Cl. The number of carbonyl (C=O) groups is 1. The van der Waals surface area contributed by atoms with Crippen LogP contribution >= 0.6 is 12.4 Å². The first kappa shape index (κ1) is 19.6. The molecular weight excluding hydrogens is 302 g/mol. The van der Waals surface area contributed by atoms with E-state index in [2.05, 4.69) is 10.1 Å². The van der Waals surface area contributed by atoms with Gasteiger partial charge in [0, 0.05) is 6.54 Å². The average Bonchev–Trinajstić information content (AvgIpc) is 2.35. The molecule has 0 heterocycles. The monoisotopic (exact) mass is 322 g/mol. The van der Waals surface area contributed by atoms with Crippen molar-refractivity contribution in [3.05, 3.63) is 29.8 Å². The molecule has 0 bridgehead atoms. The minimum atomic E-state index is -2.84. The summed E-state index contributed by atoms with van der Waals surface area (Å²) in [6.07, 6.45) is 0. The maximum absolute atomic E-state index is 12.0. The Morgan fingerprint density at radius 2 is 1.81 bits per heavy atom. The Hall–Kier alpha value is -1.40. The number of hydrogen-bond acceptors (Lipinski definition) is 3. The number of rotatable bonds is 5. The normalized spacial score (nSPS) is 12.5. The van der Waals surface area contributed by atoms with Crippen molar-refractivity contribution in [3.8, 4) is 5.75 Å². The Morgan fingerprint density at radius 3 is 2.24 bits per heavy atom. The number of benzene rings is 1. The van der Waals surface area contributed by atoms with Crippen LogP contribution in [0.5, 0.6) is 5.75 Å². The highest BCUT2D eigenvalue weighted by Gasteiger charge is 2.26. The highest BCUT2D eigenvalue weighted by Crippen LogP contribution is 2.18. The molecule has 0 saturated carbocycles. The fourth-order valence-electron chi connectivity index (χ4n) is 1.48. The number of nitrogens with one attached hydrogen (secondary N) is 1. The van der Waals surface area contributed by atoms with Crippen molar-refractivity contribution in [2.75, 3.05) is 0 Å². The molecule has 0 aliphatic heterocycles. The van der Waals surface area contributed by atoms with Crippen LogP contribution in [0.15, 0.2) is 24.3 Å². The topological polar surface area (TPSA) is 64.4 Å². The van der Waals surface area contributed by atoms with Gasteiger partial charge in [-0.25, -0.2) is 0 Å². The van der Waals surface area contributed by atoms with Crippen molar-refractivity contribution >= 4 is 18.3 Å². The first-order valence-electron chi connectivity index (χ1n) is 6.27. The van der Waals surface area contributed by atoms with Gasteiger partial charge >= 0.3 is 6.61 Å². The highest BCUT2D eigenvalue weighted by atomic mass is 35.5. The summed E-state index contributed by atoms with van der Waals surface area (Å²) in [5, 5.41) is 2.71. The van der Waals surface area contributed by atoms with Crippen molar-refractivity contribution in [2.24, 2.45) is 11.1 Å². The van der Waals surface area contributed by atoms with E-state index in [9.17, 15) is 13.6 Å². The standard InChI is InChI=1S/C14H20F2N2O2.ClH/c1-14(2,3)11(17)12(19)18-8-9-4-6-10(7-5-9)20-13(15)16;/h4-7,11,13H,8,17H2,1-3H3,(H,18,19);1H/t11-;/m1./s1. The largest absolute Gasteiger partial charge is 0.435 e. The van der Waals surface area contributed by atoms with Gasteiger partial charge in [0.1, 0.15) is 5.75 Å². The Bertz CT molecular complexity index is 447. The van der Waals surface area contributed by atoms with Crippen LogP contribution in [0.25, 0.3) is 0 Å². The van der Waals surface area contributed by atoms with E-state index < -0.39 is 12.7 Å². The van der Waals surface area contributed by atoms with E-state index in [1.54, 1.807) is 12.1 Å². The van der Waals surface area contributed by atoms with Crippen molar-refractivity contribution < 1.29 is 18.3 Å². The van der Waals surface area contributed by atoms with E-state index in [1.165, 1.54) is 12.1 Å². The van der Waals surface area contributed by atoms with Gasteiger partial charge in [0.05, 0.1) is 6.04 Å². The molecule has 0 aliphatic rings. The fraction of sp³-hybridized carbons (Fsp3) is 0.500. The minimum Gasteiger partial charge on any atom is -0.435 e. The molecule has 1 aromatic rings. The van der Waals surface area contributed by atoms with Gasteiger partial charge in [0.25, 0.3) is 0 Å². The molecule has 3 N–H and O–H groups in total. The summed E-state index contributed by atoms with van der Waals surface area (Å²) < 4.78 is 28.2. The average molecular weight is 323 g/mol. The second kappa shape index (κ2) is 8.14. The lowest BCUT2D eigenvalue weighted by molar-refractivity contribution is -0.124. The zero-order chi connectivity index (χ0) is 15.3. The van der Waals surface area contributed by atoms with Crippen molar-refractivity contribution in [3.63, 3.8) is 0 Å². The van der Waals surface area contributed by atoms with E-state index >= 15 is 0 Å². The summed E-state index contributed by atoms with van der Waals surface area (Å²) in [6.45, 7) is 3.09. The maximum atomic E-state index is 12.0. The molecular formula is C14H21ClF2N2O2. The van der Waals surface area contributed by atoms with E-state index in [0.29, 0.717) is 0 Å². The van der Waals surface area contributed by atoms with Crippen LogP contribution in [0.2, 0.25) is 0 Å². The van der Waals surface area contributed by atoms with Gasteiger partial charge < -0.3 is 15.8 Å². The molecule has 1 amide bonds. The van der Waals surface area contributed by atoms with Gasteiger partial charge in [-0.15, -0.1) is 12.4 Å². The molecule has 0 aromatic heterocycles. The minimum absolute atomic E-state index is 0. The predicted molar refractivity (Wildman–Crippen MR) is 79.6 cm³/mol. The van der Waals surface area contributed by atoms with Crippen LogP contribution < -0.4 is 15.8 Å². The summed E-state index contributed by atoms with van der Waals surface area (Å²) in [6, 6.07) is 5.47. The molecule has 1 atom stereocenters. The van der Waals surface area contributed by atoms with Gasteiger partial charge in [-0.1, -0.05) is 32.9 Å². The van der Waals surface area contributed by atoms with Gasteiger partial charge in [-0.2, -0.15) is 8.78 Å². The van der Waals surface area contributed by atoms with Crippen molar-refractivity contribution in [2.45, 2.75) is 40.0 Å². The van der Waals surface area contributed by atoms with Gasteiger partial charge in [0.2, 0.25) is 5.91 Å². The first-order chi connectivity index (χ1) is 9.20. The fourth-order valence-corrected chi connectivity index (χ4v) is 1.48. The lowest BCUT2D eigenvalue weighted by Crippen LogP contribution is -2.48. The maximum Gasteiger partial charge on any atom is 0.387 e. The van der Waals surface area contributed by atoms with Crippen LogP contribution in [-0.2, 0) is 11.3 Å². The molecule has 1 rings (SSSR count). The Kier molecular flexibility index (Phi) is 7.60. The molecule has 21 heavy (non-hydrogen) atoms. The van der Waals surface area contributed by atoms with Gasteiger partial charge in [-0.3, -0.25) is 4.79 Å². The number of alkyl halides is 2. The van der Waals surface area contributed by atoms with Gasteiger partial charge in [-0.05, 0) is 23.1 Å². The molecule has 0 fully saturated rings. The second-order valence-corrected chi connectivity index (χ2v) is 5.58. The van der Waals surface area contributed by atoms with Crippen LogP contribution in [0, 0.1) is 5.41 Å². The molecule has 0 saturated heterocycles. The van der Waals surface area contributed by atoms with Crippen LogP contribution in [-0.4, -0.2) is 18.6 Å². The van der Waals surface area contributed by atoms with Crippen molar-refractivity contribution in [1.82, 2.24) is 5.32 Å². The van der Waals surface area contributed by atoms with E-state index in [0.717, 1.165) is 5.56 Å². The third-order valence-electron chi connectivity index (χ3n) is 2.83. The summed E-state index contributed by atoms with van der Waals surface area (Å²) in [5.41, 5.74) is 6.28. The predicted octanol–water partition coefficient (Wildman–Crippen LogP) is 2.70. The molecule has 0 spiro atoms. The van der Waals surface area contributed by atoms with E-state index in [1.807, 2.05) is 20.8 Å². The third-order valence-corrected chi connectivity index (χ3v) is 2.83. The van der Waals surface area contributed by atoms with Crippen LogP contribution in [0.4, 0.5) is 8.78 Å². The Balaban J connectivity index is 0.00000400. The molecule has 0 radical (unpaired) electrons. The quantitative estimate of drug-likeness (QED) is 0.876. The lowest BCUT2D eigenvalue weighted by Gasteiger charge is -2.25. The first-order valence-corrected chi connectivity index (χ1v) is 6.27. The zero-order valence-corrected chi connectivity index (χ0v) is 13.0. The summed E-state index contributed by atoms with van der Waals surface area (Å²) >= 11 is 0. The van der Waals surface area contributed by atoms with Crippen molar-refractivity contribution in [1.29, 1.82) is 0 Å². The number of nitrogens with two attached hydrogens (primary N) is 1. The Labute approximate surface area is 129 Å². The van der Waals surface area contributed by atoms with Crippen LogP contribution in [0.1, 0.15) is 26.3 Å². The number of hydrogen-bond donors (Lipinski definition) is 2. The number of ether oxygens (including phenoxy) is 1. The number of halogens is 3.